The number of carbonyl (C=O) groups excluding carboxylic acids is 2. The van der Waals surface area contributed by atoms with Gasteiger partial charge in [-0.2, -0.15) is 0 Å². The van der Waals surface area contributed by atoms with Crippen molar-refractivity contribution in [2.24, 2.45) is 5.73 Å². The van der Waals surface area contributed by atoms with Gasteiger partial charge in [0.1, 0.15) is 5.82 Å². The fourth-order valence-corrected chi connectivity index (χ4v) is 2.44. The summed E-state index contributed by atoms with van der Waals surface area (Å²) in [5.41, 5.74) is 5.19. The molecule has 2 amide bonds. The lowest BCUT2D eigenvalue weighted by molar-refractivity contribution is -0.119. The second-order valence-electron chi connectivity index (χ2n) is 4.86. The van der Waals surface area contributed by atoms with Crippen molar-refractivity contribution in [3.63, 3.8) is 0 Å². The molecule has 20 heavy (non-hydrogen) atoms. The zero-order valence-corrected chi connectivity index (χ0v) is 11.1. The Labute approximate surface area is 116 Å². The third kappa shape index (κ3) is 3.33. The SMILES string of the molecule is NC(=O)CN(C(=O)c1ccccc1F)C1CCNCC1. The van der Waals surface area contributed by atoms with Crippen LogP contribution in [-0.4, -0.2) is 42.4 Å². The van der Waals surface area contributed by atoms with E-state index in [2.05, 4.69) is 5.32 Å². The van der Waals surface area contributed by atoms with Gasteiger partial charge < -0.3 is 16.0 Å². The van der Waals surface area contributed by atoms with Crippen LogP contribution in [0, 0.1) is 5.82 Å². The summed E-state index contributed by atoms with van der Waals surface area (Å²) < 4.78 is 13.7. The van der Waals surface area contributed by atoms with Crippen molar-refractivity contribution in [3.8, 4) is 0 Å². The van der Waals surface area contributed by atoms with E-state index in [0.29, 0.717) is 0 Å². The highest BCUT2D eigenvalue weighted by atomic mass is 19.1. The van der Waals surface area contributed by atoms with Crippen LogP contribution in [-0.2, 0) is 4.79 Å². The number of primary amides is 1. The van der Waals surface area contributed by atoms with Gasteiger partial charge in [0.05, 0.1) is 12.1 Å². The monoisotopic (exact) mass is 279 g/mol. The molecule has 1 fully saturated rings. The van der Waals surface area contributed by atoms with Crippen LogP contribution in [0.1, 0.15) is 23.2 Å². The van der Waals surface area contributed by atoms with Crippen LogP contribution in [0.2, 0.25) is 0 Å². The van der Waals surface area contributed by atoms with E-state index in [1.807, 2.05) is 0 Å². The molecule has 0 saturated carbocycles. The molecular weight excluding hydrogens is 261 g/mol. The molecule has 2 rings (SSSR count). The van der Waals surface area contributed by atoms with E-state index in [1.165, 1.54) is 23.1 Å². The van der Waals surface area contributed by atoms with Gasteiger partial charge in [-0.1, -0.05) is 12.1 Å². The van der Waals surface area contributed by atoms with Crippen LogP contribution < -0.4 is 11.1 Å². The van der Waals surface area contributed by atoms with Crippen molar-refractivity contribution in [3.05, 3.63) is 35.6 Å². The number of amides is 2. The Morgan fingerprint density at radius 3 is 2.55 bits per heavy atom. The molecule has 1 aromatic rings. The molecular formula is C14H18FN3O2. The second kappa shape index (κ2) is 6.47. The van der Waals surface area contributed by atoms with Gasteiger partial charge in [0, 0.05) is 6.04 Å². The van der Waals surface area contributed by atoms with Gasteiger partial charge >= 0.3 is 0 Å². The van der Waals surface area contributed by atoms with Crippen LogP contribution in [0.3, 0.4) is 0 Å². The summed E-state index contributed by atoms with van der Waals surface area (Å²) in [4.78, 5) is 25.0. The highest BCUT2D eigenvalue weighted by Gasteiger charge is 2.28. The van der Waals surface area contributed by atoms with Crippen molar-refractivity contribution < 1.29 is 14.0 Å². The lowest BCUT2D eigenvalue weighted by Crippen LogP contribution is -2.49. The topological polar surface area (TPSA) is 75.4 Å². The van der Waals surface area contributed by atoms with Crippen molar-refractivity contribution in [1.82, 2.24) is 10.2 Å². The Morgan fingerprint density at radius 2 is 1.95 bits per heavy atom. The molecule has 1 saturated heterocycles. The standard InChI is InChI=1S/C14H18FN3O2/c15-12-4-2-1-3-11(12)14(20)18(9-13(16)19)10-5-7-17-8-6-10/h1-4,10,17H,5-9H2,(H2,16,19). The summed E-state index contributed by atoms with van der Waals surface area (Å²) in [6.07, 6.45) is 1.46. The molecule has 3 N–H and O–H groups in total. The van der Waals surface area contributed by atoms with Crippen molar-refractivity contribution in [2.75, 3.05) is 19.6 Å². The molecule has 0 unspecified atom stereocenters. The smallest absolute Gasteiger partial charge is 0.257 e. The van der Waals surface area contributed by atoms with Crippen LogP contribution in [0.15, 0.2) is 24.3 Å². The zero-order chi connectivity index (χ0) is 14.5. The Balaban J connectivity index is 2.23. The maximum absolute atomic E-state index is 13.7. The molecule has 1 aromatic carbocycles. The summed E-state index contributed by atoms with van der Waals surface area (Å²) in [5, 5.41) is 3.18. The molecule has 1 aliphatic rings. The first-order chi connectivity index (χ1) is 9.59. The molecule has 0 radical (unpaired) electrons. The third-order valence-corrected chi connectivity index (χ3v) is 3.44. The van der Waals surface area contributed by atoms with Crippen molar-refractivity contribution in [2.45, 2.75) is 18.9 Å². The molecule has 0 aliphatic carbocycles. The number of hydrogen-bond donors (Lipinski definition) is 2. The summed E-state index contributed by atoms with van der Waals surface area (Å²) in [6.45, 7) is 1.35. The van der Waals surface area contributed by atoms with E-state index >= 15 is 0 Å². The van der Waals surface area contributed by atoms with E-state index < -0.39 is 17.6 Å². The quantitative estimate of drug-likeness (QED) is 0.843. The molecule has 108 valence electrons. The summed E-state index contributed by atoms with van der Waals surface area (Å²) in [6, 6.07) is 5.69. The molecule has 1 aliphatic heterocycles. The lowest BCUT2D eigenvalue weighted by atomic mass is 10.0. The number of halogens is 1. The van der Waals surface area contributed by atoms with Gasteiger partial charge in [-0.15, -0.1) is 0 Å². The number of nitrogens with one attached hydrogen (secondary N) is 1. The lowest BCUT2D eigenvalue weighted by Gasteiger charge is -2.34. The van der Waals surface area contributed by atoms with E-state index in [9.17, 15) is 14.0 Å². The van der Waals surface area contributed by atoms with Crippen molar-refractivity contribution >= 4 is 11.8 Å². The summed E-state index contributed by atoms with van der Waals surface area (Å²) in [7, 11) is 0. The number of nitrogens with zero attached hydrogens (tertiary/aromatic N) is 1. The number of hydrogen-bond acceptors (Lipinski definition) is 3. The highest BCUT2D eigenvalue weighted by molar-refractivity contribution is 5.96. The number of piperidine rings is 1. The fraction of sp³-hybridized carbons (Fsp3) is 0.429. The Morgan fingerprint density at radius 1 is 1.30 bits per heavy atom. The van der Waals surface area contributed by atoms with Gasteiger partial charge in [0.25, 0.3) is 5.91 Å². The fourth-order valence-electron chi connectivity index (χ4n) is 2.44. The minimum Gasteiger partial charge on any atom is -0.368 e. The second-order valence-corrected chi connectivity index (χ2v) is 4.86. The molecule has 5 nitrogen and oxygen atoms in total. The van der Waals surface area contributed by atoms with Crippen LogP contribution in [0.5, 0.6) is 0 Å². The van der Waals surface area contributed by atoms with Gasteiger partial charge in [0.2, 0.25) is 5.91 Å². The minimum atomic E-state index is -0.590. The summed E-state index contributed by atoms with van der Waals surface area (Å²) >= 11 is 0. The van der Waals surface area contributed by atoms with E-state index in [4.69, 9.17) is 5.73 Å². The predicted molar refractivity (Wildman–Crippen MR) is 72.5 cm³/mol. The Hall–Kier alpha value is -1.95. The number of rotatable bonds is 4. The Kier molecular flexibility index (Phi) is 4.68. The first-order valence-corrected chi connectivity index (χ1v) is 6.64. The first-order valence-electron chi connectivity index (χ1n) is 6.64. The maximum atomic E-state index is 13.7. The molecule has 0 atom stereocenters. The molecule has 0 aromatic heterocycles. The largest absolute Gasteiger partial charge is 0.368 e. The van der Waals surface area contributed by atoms with E-state index in [-0.39, 0.29) is 18.2 Å². The van der Waals surface area contributed by atoms with Crippen LogP contribution in [0.25, 0.3) is 0 Å². The number of nitrogens with two attached hydrogens (primary N) is 1. The first kappa shape index (κ1) is 14.5. The zero-order valence-electron chi connectivity index (χ0n) is 11.1. The van der Waals surface area contributed by atoms with Gasteiger partial charge in [-0.3, -0.25) is 9.59 Å². The molecule has 6 heteroatoms. The van der Waals surface area contributed by atoms with Gasteiger partial charge in [0.15, 0.2) is 0 Å². The highest BCUT2D eigenvalue weighted by Crippen LogP contribution is 2.17. The normalized spacial score (nSPS) is 15.8. The summed E-state index contributed by atoms with van der Waals surface area (Å²) in [5.74, 6) is -1.65. The average molecular weight is 279 g/mol. The molecule has 1 heterocycles. The van der Waals surface area contributed by atoms with E-state index in [0.717, 1.165) is 25.9 Å². The number of benzene rings is 1. The van der Waals surface area contributed by atoms with Crippen LogP contribution >= 0.6 is 0 Å². The third-order valence-electron chi connectivity index (χ3n) is 3.44. The minimum absolute atomic E-state index is 0.0210. The molecule has 0 spiro atoms. The average Bonchev–Trinajstić information content (AvgIpc) is 2.45. The van der Waals surface area contributed by atoms with Gasteiger partial charge in [-0.05, 0) is 38.1 Å². The Bertz CT molecular complexity index is 501. The van der Waals surface area contributed by atoms with Crippen molar-refractivity contribution in [1.29, 1.82) is 0 Å². The van der Waals surface area contributed by atoms with Gasteiger partial charge in [-0.25, -0.2) is 4.39 Å². The van der Waals surface area contributed by atoms with E-state index in [1.54, 1.807) is 6.07 Å². The maximum Gasteiger partial charge on any atom is 0.257 e. The van der Waals surface area contributed by atoms with Crippen LogP contribution in [0.4, 0.5) is 4.39 Å². The predicted octanol–water partition coefficient (Wildman–Crippen LogP) is 0.505. The molecule has 0 bridgehead atoms. The number of carbonyl (C=O) groups is 2.